The minimum absolute atomic E-state index is 1.05. The van der Waals surface area contributed by atoms with E-state index in [2.05, 4.69) is 55.7 Å². The van der Waals surface area contributed by atoms with Gasteiger partial charge >= 0.3 is 0 Å². The van der Waals surface area contributed by atoms with Crippen LogP contribution in [0.25, 0.3) is 6.58 Å². The molecule has 0 saturated carbocycles. The van der Waals surface area contributed by atoms with Gasteiger partial charge in [0.15, 0.2) is 0 Å². The molecular formula is C32H48N2S. The first kappa shape index (κ1) is 27.8. The monoisotopic (exact) mass is 492 g/mol. The molecule has 2 aromatic carbocycles. The predicted octanol–water partition coefficient (Wildman–Crippen LogP) is 9.21. The first-order valence-corrected chi connectivity index (χ1v) is 15.3. The molecule has 1 heterocycles. The standard InChI is InChI=1S/C32H48N2S/c1-4-6-8-9-10-11-12-13-14-15-16-17-18-24-34(23-7-5-2)28-20-22-30-32(26-28)35-31-25-27(3)19-21-29(31)33-30/h19-22,25-26H,3-18,23-24H2,1-2H3. The molecular weight excluding hydrogens is 444 g/mol. The van der Waals surface area contributed by atoms with Crippen molar-refractivity contribution in [3.63, 3.8) is 0 Å². The van der Waals surface area contributed by atoms with Gasteiger partial charge in [0.25, 0.3) is 0 Å². The summed E-state index contributed by atoms with van der Waals surface area (Å²) >= 11 is 1.84. The lowest BCUT2D eigenvalue weighted by molar-refractivity contribution is 0.537. The van der Waals surface area contributed by atoms with Crippen LogP contribution in [-0.2, 0) is 0 Å². The molecule has 0 saturated heterocycles. The number of rotatable bonds is 18. The topological polar surface area (TPSA) is 15.6 Å². The summed E-state index contributed by atoms with van der Waals surface area (Å²) in [5, 5.41) is 2.12. The molecule has 0 fully saturated rings. The Bertz CT molecular complexity index is 984. The van der Waals surface area contributed by atoms with Crippen molar-refractivity contribution < 1.29 is 0 Å². The highest BCUT2D eigenvalue weighted by molar-refractivity contribution is 7.99. The second-order valence-corrected chi connectivity index (χ2v) is 11.3. The van der Waals surface area contributed by atoms with Crippen molar-refractivity contribution >= 4 is 29.7 Å². The van der Waals surface area contributed by atoms with Crippen LogP contribution in [0.1, 0.15) is 110 Å². The lowest BCUT2D eigenvalue weighted by Crippen LogP contribution is -2.25. The molecule has 0 radical (unpaired) electrons. The summed E-state index contributed by atoms with van der Waals surface area (Å²) in [7, 11) is 0. The number of hydrogen-bond acceptors (Lipinski definition) is 3. The lowest BCUT2D eigenvalue weighted by atomic mass is 10.0. The summed E-state index contributed by atoms with van der Waals surface area (Å²) in [4.78, 5) is 9.98. The van der Waals surface area contributed by atoms with Crippen LogP contribution in [0.15, 0.2) is 51.2 Å². The molecule has 0 unspecified atom stereocenters. The maximum Gasteiger partial charge on any atom is 0.0778 e. The zero-order valence-corrected chi connectivity index (χ0v) is 23.3. The number of hydrogen-bond donors (Lipinski definition) is 0. The molecule has 0 atom stereocenters. The maximum absolute atomic E-state index is 4.88. The van der Waals surface area contributed by atoms with E-state index in [-0.39, 0.29) is 0 Å². The van der Waals surface area contributed by atoms with Gasteiger partial charge in [-0.1, -0.05) is 122 Å². The van der Waals surface area contributed by atoms with Crippen LogP contribution < -0.4 is 15.5 Å². The van der Waals surface area contributed by atoms with Crippen LogP contribution in [0.2, 0.25) is 0 Å². The molecule has 1 aliphatic rings. The number of benzene rings is 2. The molecule has 192 valence electrons. The SMILES string of the molecule is C=c1ccc2c(c1)Sc1cc(N(CCCC)CCCCCCCCCCCCCCC)ccc1N=2. The van der Waals surface area contributed by atoms with Gasteiger partial charge in [-0.2, -0.15) is 0 Å². The van der Waals surface area contributed by atoms with Crippen molar-refractivity contribution in [3.8, 4) is 0 Å². The normalized spacial score (nSPS) is 12.2. The van der Waals surface area contributed by atoms with Crippen molar-refractivity contribution in [2.45, 2.75) is 120 Å². The Kier molecular flexibility index (Phi) is 12.8. The minimum Gasteiger partial charge on any atom is -0.372 e. The Balaban J connectivity index is 1.40. The van der Waals surface area contributed by atoms with Crippen molar-refractivity contribution in [2.24, 2.45) is 4.99 Å². The van der Waals surface area contributed by atoms with Gasteiger partial charge in [-0.25, -0.2) is 4.99 Å². The molecule has 2 aromatic rings. The second kappa shape index (κ2) is 16.1. The van der Waals surface area contributed by atoms with Crippen LogP contribution >= 0.6 is 11.8 Å². The van der Waals surface area contributed by atoms with Gasteiger partial charge in [0.05, 0.1) is 11.0 Å². The molecule has 1 aliphatic heterocycles. The third kappa shape index (κ3) is 9.67. The zero-order chi connectivity index (χ0) is 24.7. The molecule has 0 amide bonds. The molecule has 3 heteroatoms. The largest absolute Gasteiger partial charge is 0.372 e. The van der Waals surface area contributed by atoms with E-state index in [1.807, 2.05) is 17.8 Å². The average molecular weight is 493 g/mol. The zero-order valence-electron chi connectivity index (χ0n) is 22.5. The van der Waals surface area contributed by atoms with Crippen LogP contribution in [-0.4, -0.2) is 13.1 Å². The molecule has 0 spiro atoms. The molecule has 0 aromatic heterocycles. The van der Waals surface area contributed by atoms with Crippen LogP contribution in [0, 0.1) is 0 Å². The highest BCUT2D eigenvalue weighted by Crippen LogP contribution is 2.38. The summed E-state index contributed by atoms with van der Waals surface area (Å²) in [5.41, 5.74) is 2.45. The van der Waals surface area contributed by atoms with Crippen LogP contribution in [0.4, 0.5) is 11.4 Å². The molecule has 2 nitrogen and oxygen atoms in total. The Morgan fingerprint density at radius 2 is 1.26 bits per heavy atom. The Morgan fingerprint density at radius 1 is 0.657 bits per heavy atom. The fourth-order valence-electron chi connectivity index (χ4n) is 4.89. The van der Waals surface area contributed by atoms with Gasteiger partial charge in [0, 0.05) is 28.6 Å². The maximum atomic E-state index is 4.88. The highest BCUT2D eigenvalue weighted by atomic mass is 32.2. The van der Waals surface area contributed by atoms with Crippen molar-refractivity contribution in [1.82, 2.24) is 0 Å². The summed E-state index contributed by atoms with van der Waals surface area (Å²) in [6.45, 7) is 11.0. The van der Waals surface area contributed by atoms with E-state index in [9.17, 15) is 0 Å². The number of nitrogens with zero attached hydrogens (tertiary/aromatic N) is 2. The number of anilines is 1. The third-order valence-electron chi connectivity index (χ3n) is 7.11. The summed E-state index contributed by atoms with van der Waals surface area (Å²) in [6, 6.07) is 13.1. The van der Waals surface area contributed by atoms with Gasteiger partial charge in [-0.15, -0.1) is 0 Å². The van der Waals surface area contributed by atoms with Gasteiger partial charge in [0.2, 0.25) is 0 Å². The third-order valence-corrected chi connectivity index (χ3v) is 8.20. The minimum atomic E-state index is 1.05. The fraction of sp³-hybridized carbons (Fsp3) is 0.594. The Labute approximate surface area is 219 Å². The first-order chi connectivity index (χ1) is 17.2. The van der Waals surface area contributed by atoms with Crippen LogP contribution in [0.3, 0.4) is 0 Å². The highest BCUT2D eigenvalue weighted by Gasteiger charge is 2.14. The van der Waals surface area contributed by atoms with E-state index < -0.39 is 0 Å². The van der Waals surface area contributed by atoms with E-state index in [1.165, 1.54) is 112 Å². The quantitative estimate of drug-likeness (QED) is 0.164. The van der Waals surface area contributed by atoms with Crippen molar-refractivity contribution in [3.05, 3.63) is 47.0 Å². The smallest absolute Gasteiger partial charge is 0.0778 e. The number of unbranched alkanes of at least 4 members (excludes halogenated alkanes) is 13. The second-order valence-electron chi connectivity index (χ2n) is 10.3. The van der Waals surface area contributed by atoms with Crippen molar-refractivity contribution in [1.29, 1.82) is 0 Å². The molecule has 3 rings (SSSR count). The number of fused-ring (bicyclic) bond motifs is 2. The lowest BCUT2D eigenvalue weighted by Gasteiger charge is -2.26. The molecule has 0 bridgehead atoms. The predicted molar refractivity (Wildman–Crippen MR) is 156 cm³/mol. The van der Waals surface area contributed by atoms with E-state index in [4.69, 9.17) is 4.99 Å². The molecule has 0 aliphatic carbocycles. The van der Waals surface area contributed by atoms with Crippen LogP contribution in [0.5, 0.6) is 0 Å². The van der Waals surface area contributed by atoms with Gasteiger partial charge < -0.3 is 4.90 Å². The molecule has 0 N–H and O–H groups in total. The van der Waals surface area contributed by atoms with Gasteiger partial charge in [-0.3, -0.25) is 0 Å². The summed E-state index contributed by atoms with van der Waals surface area (Å²) in [6.07, 6.45) is 20.8. The summed E-state index contributed by atoms with van der Waals surface area (Å²) < 4.78 is 0. The fourth-order valence-corrected chi connectivity index (χ4v) is 5.96. The molecule has 35 heavy (non-hydrogen) atoms. The van der Waals surface area contributed by atoms with E-state index >= 15 is 0 Å². The van der Waals surface area contributed by atoms with E-state index in [0.717, 1.165) is 29.4 Å². The first-order valence-electron chi connectivity index (χ1n) is 14.5. The van der Waals surface area contributed by atoms with Gasteiger partial charge in [0.1, 0.15) is 0 Å². The Morgan fingerprint density at radius 3 is 1.91 bits per heavy atom. The average Bonchev–Trinajstić information content (AvgIpc) is 2.87. The van der Waals surface area contributed by atoms with E-state index in [1.54, 1.807) is 0 Å². The summed E-state index contributed by atoms with van der Waals surface area (Å²) in [5.74, 6) is 0. The van der Waals surface area contributed by atoms with E-state index in [0.29, 0.717) is 0 Å². The van der Waals surface area contributed by atoms with Crippen molar-refractivity contribution in [2.75, 3.05) is 18.0 Å². The van der Waals surface area contributed by atoms with Gasteiger partial charge in [-0.05, 0) is 48.4 Å². The Hall–Kier alpha value is -1.74.